The lowest BCUT2D eigenvalue weighted by atomic mass is 9.85. The van der Waals surface area contributed by atoms with E-state index in [9.17, 15) is 18.0 Å². The highest BCUT2D eigenvalue weighted by Crippen LogP contribution is 2.35. The number of halogens is 3. The monoisotopic (exact) mass is 358 g/mol. The van der Waals surface area contributed by atoms with Gasteiger partial charge in [0.15, 0.2) is 0 Å². The molecular weight excluding hydrogens is 333 g/mol. The molecule has 1 saturated carbocycles. The van der Waals surface area contributed by atoms with Crippen molar-refractivity contribution in [3.63, 3.8) is 0 Å². The van der Waals surface area contributed by atoms with Crippen LogP contribution in [-0.2, 0) is 17.5 Å². The Balaban J connectivity index is 2.08. The van der Waals surface area contributed by atoms with Gasteiger partial charge in [0.2, 0.25) is 5.91 Å². The minimum atomic E-state index is -4.51. The van der Waals surface area contributed by atoms with Gasteiger partial charge >= 0.3 is 6.18 Å². The lowest BCUT2D eigenvalue weighted by Crippen LogP contribution is -2.37. The van der Waals surface area contributed by atoms with E-state index in [1.807, 2.05) is 0 Å². The Bertz CT molecular complexity index is 602. The Morgan fingerprint density at radius 1 is 1.36 bits per heavy atom. The van der Waals surface area contributed by atoms with Crippen LogP contribution in [0, 0.1) is 5.92 Å². The fourth-order valence-electron chi connectivity index (χ4n) is 3.11. The van der Waals surface area contributed by atoms with Crippen LogP contribution in [0.5, 0.6) is 5.75 Å². The summed E-state index contributed by atoms with van der Waals surface area (Å²) in [5, 5.41) is 2.63. The number of carbonyl (C=O) groups is 1. The van der Waals surface area contributed by atoms with Gasteiger partial charge in [-0.1, -0.05) is 12.5 Å². The molecule has 1 aromatic carbocycles. The van der Waals surface area contributed by atoms with Gasteiger partial charge in [0, 0.05) is 18.5 Å². The third kappa shape index (κ3) is 5.63. The van der Waals surface area contributed by atoms with Crippen molar-refractivity contribution < 1.29 is 22.7 Å². The first-order chi connectivity index (χ1) is 11.7. The number of rotatable bonds is 5. The minimum absolute atomic E-state index is 0.0114. The van der Waals surface area contributed by atoms with E-state index in [4.69, 9.17) is 10.5 Å². The molecule has 1 aliphatic rings. The van der Waals surface area contributed by atoms with Crippen molar-refractivity contribution in [2.75, 3.05) is 0 Å². The summed E-state index contributed by atoms with van der Waals surface area (Å²) in [6.07, 6.45) is -1.66. The van der Waals surface area contributed by atoms with E-state index >= 15 is 0 Å². The van der Waals surface area contributed by atoms with Gasteiger partial charge in [-0.05, 0) is 50.8 Å². The number of benzene rings is 1. The van der Waals surface area contributed by atoms with Crippen molar-refractivity contribution >= 4 is 5.91 Å². The van der Waals surface area contributed by atoms with Gasteiger partial charge in [-0.3, -0.25) is 4.79 Å². The van der Waals surface area contributed by atoms with Crippen molar-refractivity contribution in [3.8, 4) is 5.75 Å². The van der Waals surface area contributed by atoms with Crippen molar-refractivity contribution in [3.05, 3.63) is 29.3 Å². The van der Waals surface area contributed by atoms with E-state index in [0.29, 0.717) is 6.42 Å². The molecule has 2 atom stereocenters. The average molecular weight is 358 g/mol. The Hall–Kier alpha value is -1.76. The first-order valence-corrected chi connectivity index (χ1v) is 8.57. The molecule has 25 heavy (non-hydrogen) atoms. The SMILES string of the molecule is CC(C)Oc1ccc(CNC(=O)C2CCCC(N)C2)c(C(F)(F)F)c1. The summed E-state index contributed by atoms with van der Waals surface area (Å²) in [4.78, 5) is 12.2. The van der Waals surface area contributed by atoms with Crippen LogP contribution in [0.3, 0.4) is 0 Å². The van der Waals surface area contributed by atoms with Crippen LogP contribution in [0.2, 0.25) is 0 Å². The van der Waals surface area contributed by atoms with E-state index in [1.165, 1.54) is 12.1 Å². The van der Waals surface area contributed by atoms with Crippen LogP contribution >= 0.6 is 0 Å². The standard InChI is InChI=1S/C18H25F3N2O2/c1-11(2)25-15-7-6-13(16(9-15)18(19,20)21)10-23-17(24)12-4-3-5-14(22)8-12/h6-7,9,11-12,14H,3-5,8,10,22H2,1-2H3,(H,23,24). The Morgan fingerprint density at radius 3 is 2.68 bits per heavy atom. The summed E-state index contributed by atoms with van der Waals surface area (Å²) in [7, 11) is 0. The lowest BCUT2D eigenvalue weighted by molar-refractivity contribution is -0.138. The van der Waals surface area contributed by atoms with Crippen LogP contribution in [0.25, 0.3) is 0 Å². The number of carbonyl (C=O) groups excluding carboxylic acids is 1. The number of amides is 1. The first-order valence-electron chi connectivity index (χ1n) is 8.57. The van der Waals surface area contributed by atoms with Crippen LogP contribution in [0.1, 0.15) is 50.7 Å². The van der Waals surface area contributed by atoms with Gasteiger partial charge in [-0.25, -0.2) is 0 Å². The third-order valence-corrected chi connectivity index (χ3v) is 4.30. The predicted molar refractivity (Wildman–Crippen MR) is 89.0 cm³/mol. The zero-order valence-corrected chi connectivity index (χ0v) is 14.5. The van der Waals surface area contributed by atoms with Crippen LogP contribution in [0.4, 0.5) is 13.2 Å². The molecule has 7 heteroatoms. The average Bonchev–Trinajstić information content (AvgIpc) is 2.51. The van der Waals surface area contributed by atoms with Gasteiger partial charge in [0.05, 0.1) is 11.7 Å². The molecule has 0 radical (unpaired) electrons. The van der Waals surface area contributed by atoms with E-state index in [2.05, 4.69) is 5.32 Å². The second kappa shape index (κ2) is 8.08. The second-order valence-electron chi connectivity index (χ2n) is 6.82. The van der Waals surface area contributed by atoms with Gasteiger partial charge in [-0.15, -0.1) is 0 Å². The maximum atomic E-state index is 13.3. The summed E-state index contributed by atoms with van der Waals surface area (Å²) < 4.78 is 45.3. The van der Waals surface area contributed by atoms with Crippen LogP contribution < -0.4 is 15.8 Å². The van der Waals surface area contributed by atoms with Gasteiger partial charge < -0.3 is 15.8 Å². The number of hydrogen-bond donors (Lipinski definition) is 2. The number of hydrogen-bond acceptors (Lipinski definition) is 3. The number of ether oxygens (including phenoxy) is 1. The normalized spacial score (nSPS) is 21.2. The zero-order valence-electron chi connectivity index (χ0n) is 14.5. The van der Waals surface area contributed by atoms with E-state index in [-0.39, 0.29) is 41.8 Å². The Labute approximate surface area is 145 Å². The highest BCUT2D eigenvalue weighted by Gasteiger charge is 2.34. The van der Waals surface area contributed by atoms with Crippen molar-refractivity contribution in [2.24, 2.45) is 11.7 Å². The number of alkyl halides is 3. The molecular formula is C18H25F3N2O2. The Morgan fingerprint density at radius 2 is 2.08 bits per heavy atom. The van der Waals surface area contributed by atoms with Crippen molar-refractivity contribution in [2.45, 2.75) is 64.4 Å². The fourth-order valence-corrected chi connectivity index (χ4v) is 3.11. The van der Waals surface area contributed by atoms with E-state index in [0.717, 1.165) is 25.3 Å². The summed E-state index contributed by atoms with van der Waals surface area (Å²) in [6, 6.07) is 3.82. The molecule has 0 aliphatic heterocycles. The highest BCUT2D eigenvalue weighted by atomic mass is 19.4. The van der Waals surface area contributed by atoms with E-state index < -0.39 is 11.7 Å². The number of nitrogens with one attached hydrogen (secondary N) is 1. The largest absolute Gasteiger partial charge is 0.491 e. The molecule has 0 aromatic heterocycles. The summed E-state index contributed by atoms with van der Waals surface area (Å²) in [5.74, 6) is -0.289. The molecule has 4 nitrogen and oxygen atoms in total. The third-order valence-electron chi connectivity index (χ3n) is 4.30. The summed E-state index contributed by atoms with van der Waals surface area (Å²) >= 11 is 0. The molecule has 0 saturated heterocycles. The lowest BCUT2D eigenvalue weighted by Gasteiger charge is -2.26. The molecule has 2 rings (SSSR count). The molecule has 1 amide bonds. The van der Waals surface area contributed by atoms with E-state index in [1.54, 1.807) is 13.8 Å². The highest BCUT2D eigenvalue weighted by molar-refractivity contribution is 5.78. The van der Waals surface area contributed by atoms with Crippen molar-refractivity contribution in [1.82, 2.24) is 5.32 Å². The van der Waals surface area contributed by atoms with Crippen molar-refractivity contribution in [1.29, 1.82) is 0 Å². The zero-order chi connectivity index (χ0) is 18.6. The Kier molecular flexibility index (Phi) is 6.32. The molecule has 2 unspecified atom stereocenters. The van der Waals surface area contributed by atoms with Gasteiger partial charge in [0.25, 0.3) is 0 Å². The minimum Gasteiger partial charge on any atom is -0.491 e. The van der Waals surface area contributed by atoms with Crippen LogP contribution in [-0.4, -0.2) is 18.1 Å². The molecule has 140 valence electrons. The smallest absolute Gasteiger partial charge is 0.416 e. The molecule has 0 heterocycles. The molecule has 1 aromatic rings. The molecule has 1 fully saturated rings. The van der Waals surface area contributed by atoms with Gasteiger partial charge in [-0.2, -0.15) is 13.2 Å². The molecule has 3 N–H and O–H groups in total. The fraction of sp³-hybridized carbons (Fsp3) is 0.611. The maximum Gasteiger partial charge on any atom is 0.416 e. The second-order valence-corrected chi connectivity index (χ2v) is 6.82. The number of nitrogens with two attached hydrogens (primary N) is 1. The summed E-state index contributed by atoms with van der Waals surface area (Å²) in [6.45, 7) is 3.33. The summed E-state index contributed by atoms with van der Waals surface area (Å²) in [5.41, 5.74) is 5.10. The molecule has 0 bridgehead atoms. The quantitative estimate of drug-likeness (QED) is 0.845. The maximum absolute atomic E-state index is 13.3. The van der Waals surface area contributed by atoms with Gasteiger partial charge in [0.1, 0.15) is 5.75 Å². The molecule has 0 spiro atoms. The van der Waals surface area contributed by atoms with Crippen LogP contribution in [0.15, 0.2) is 18.2 Å². The first kappa shape index (κ1) is 19.6. The molecule has 1 aliphatic carbocycles. The topological polar surface area (TPSA) is 64.3 Å². The predicted octanol–water partition coefficient (Wildman–Crippen LogP) is 3.63.